The topological polar surface area (TPSA) is 194 Å². The van der Waals surface area contributed by atoms with E-state index in [4.69, 9.17) is 83.8 Å². The molecule has 0 saturated heterocycles. The van der Waals surface area contributed by atoms with Crippen LogP contribution < -0.4 is 10.6 Å². The van der Waals surface area contributed by atoms with Crippen molar-refractivity contribution in [1.82, 2.24) is 15.0 Å². The van der Waals surface area contributed by atoms with Crippen molar-refractivity contribution in [3.8, 4) is 0 Å². The first kappa shape index (κ1) is 51.3. The number of aromatic nitrogens is 3. The van der Waals surface area contributed by atoms with Gasteiger partial charge in [-0.25, -0.2) is 19.2 Å². The van der Waals surface area contributed by atoms with E-state index in [1.807, 2.05) is 0 Å². The summed E-state index contributed by atoms with van der Waals surface area (Å²) in [5.74, 6) is -5.68. The number of methoxy groups -OCH3 is 1. The Hall–Kier alpha value is -4.38. The fourth-order valence-corrected chi connectivity index (χ4v) is 7.20. The second-order valence-corrected chi connectivity index (χ2v) is 16.5. The number of hydrogen-bond donors (Lipinski definition) is 2. The van der Waals surface area contributed by atoms with Crippen molar-refractivity contribution in [1.29, 1.82) is 0 Å². The minimum Gasteiger partial charge on any atom is -0.466 e. The van der Waals surface area contributed by atoms with Crippen LogP contribution in [0.15, 0.2) is 36.4 Å². The van der Waals surface area contributed by atoms with Crippen molar-refractivity contribution < 1.29 is 47.7 Å². The third-order valence-electron chi connectivity index (χ3n) is 9.45. The maximum Gasteiger partial charge on any atom is 0.347 e. The number of carbonyl (C=O) groups excluding carboxylic acids is 6. The highest BCUT2D eigenvalue weighted by atomic mass is 35.5. The largest absolute Gasteiger partial charge is 0.466 e. The molecule has 0 aliphatic heterocycles. The van der Waals surface area contributed by atoms with Crippen LogP contribution in [-0.2, 0) is 38.1 Å². The third kappa shape index (κ3) is 14.1. The Morgan fingerprint density at radius 3 is 1.44 bits per heavy atom. The molecule has 2 N–H and O–H groups in total. The molecule has 4 rings (SSSR count). The molecule has 0 saturated carbocycles. The zero-order valence-corrected chi connectivity index (χ0v) is 39.2. The molecular formula is C42H45Cl6N5O10. The van der Waals surface area contributed by atoms with Gasteiger partial charge in [-0.1, -0.05) is 134 Å². The highest BCUT2D eigenvalue weighted by molar-refractivity contribution is 6.55. The van der Waals surface area contributed by atoms with Gasteiger partial charge in [0, 0.05) is 0 Å². The van der Waals surface area contributed by atoms with E-state index in [-0.39, 0.29) is 70.3 Å². The molecule has 3 unspecified atom stereocenters. The fraction of sp³-hybridized carbons (Fsp3) is 0.429. The van der Waals surface area contributed by atoms with Crippen molar-refractivity contribution in [2.24, 2.45) is 0 Å². The molecule has 1 aromatic heterocycles. The van der Waals surface area contributed by atoms with Crippen LogP contribution in [0.25, 0.3) is 11.0 Å². The second-order valence-electron chi connectivity index (χ2n) is 14.2. The molecule has 63 heavy (non-hydrogen) atoms. The molecule has 21 heteroatoms. The number of fused-ring (bicyclic) bond motifs is 1. The van der Waals surface area contributed by atoms with Gasteiger partial charge in [0.1, 0.15) is 11.0 Å². The van der Waals surface area contributed by atoms with Crippen LogP contribution in [0.5, 0.6) is 0 Å². The zero-order chi connectivity index (χ0) is 46.4. The number of anilines is 2. The lowest BCUT2D eigenvalue weighted by molar-refractivity contribution is -0.153. The van der Waals surface area contributed by atoms with Crippen LogP contribution >= 0.6 is 69.6 Å². The van der Waals surface area contributed by atoms with Gasteiger partial charge in [-0.15, -0.1) is 0 Å². The van der Waals surface area contributed by atoms with Crippen molar-refractivity contribution in [2.45, 2.75) is 103 Å². The zero-order valence-electron chi connectivity index (χ0n) is 34.7. The standard InChI is InChI=1S/C42H45Cl6N5O10/c1-5-6-7-8-9-10-11-12-13-14-19-61-40(57)23(3)63-42(59)25-16-18-27(44)29(21-25)50-38(55)36(53-51-34-32(47)30(45)31(46)33(48)35(34)52-53)37(54)49-28-20-24(15-17-26(28)43)41(58)62-22(2)39(56)60-4/h15-18,20-23,36H,5-14,19H2,1-4H3,(H,49,54)(H,50,55). The minimum atomic E-state index is -2.02. The number of hydrogen-bond acceptors (Lipinski definition) is 12. The molecule has 15 nitrogen and oxygen atoms in total. The van der Waals surface area contributed by atoms with E-state index in [0.29, 0.717) is 11.2 Å². The molecular weight excluding hydrogens is 947 g/mol. The fourth-order valence-electron chi connectivity index (χ4n) is 5.96. The van der Waals surface area contributed by atoms with Gasteiger partial charge in [0.2, 0.25) is 6.04 Å². The Labute approximate surface area is 393 Å². The van der Waals surface area contributed by atoms with Crippen LogP contribution in [0.3, 0.4) is 0 Å². The monoisotopic (exact) mass is 989 g/mol. The number of amides is 2. The molecule has 1 heterocycles. The van der Waals surface area contributed by atoms with Gasteiger partial charge in [-0.05, 0) is 56.7 Å². The molecule has 0 radical (unpaired) electrons. The number of ether oxygens (including phenoxy) is 4. The first-order chi connectivity index (χ1) is 30.0. The van der Waals surface area contributed by atoms with Crippen LogP contribution in [0, 0.1) is 0 Å². The summed E-state index contributed by atoms with van der Waals surface area (Å²) in [6, 6.07) is 5.41. The number of unbranched alkanes of at least 4 members (excludes halogenated alkanes) is 9. The van der Waals surface area contributed by atoms with Crippen LogP contribution in [0.1, 0.15) is 112 Å². The number of halogens is 6. The van der Waals surface area contributed by atoms with Crippen LogP contribution in [0.4, 0.5) is 11.4 Å². The number of nitrogens with zero attached hydrogens (tertiary/aromatic N) is 3. The quantitative estimate of drug-likeness (QED) is 0.0189. The number of carbonyl (C=O) groups is 6. The van der Waals surface area contributed by atoms with Crippen molar-refractivity contribution in [3.05, 3.63) is 77.7 Å². The maximum atomic E-state index is 14.2. The van der Waals surface area contributed by atoms with Crippen molar-refractivity contribution in [2.75, 3.05) is 24.4 Å². The Balaban J connectivity index is 1.51. The van der Waals surface area contributed by atoms with Crippen LogP contribution in [-0.4, -0.2) is 76.6 Å². The second kappa shape index (κ2) is 24.6. The van der Waals surface area contributed by atoms with Crippen LogP contribution in [0.2, 0.25) is 30.1 Å². The van der Waals surface area contributed by atoms with Gasteiger partial charge >= 0.3 is 23.9 Å². The summed E-state index contributed by atoms with van der Waals surface area (Å²) in [6.07, 6.45) is 8.66. The summed E-state index contributed by atoms with van der Waals surface area (Å²) in [7, 11) is 1.12. The van der Waals surface area contributed by atoms with Gasteiger partial charge < -0.3 is 29.6 Å². The van der Waals surface area contributed by atoms with Gasteiger partial charge in [-0.3, -0.25) is 9.59 Å². The summed E-state index contributed by atoms with van der Waals surface area (Å²) in [6.45, 7) is 5.05. The Morgan fingerprint density at radius 1 is 0.603 bits per heavy atom. The SMILES string of the molecule is CCCCCCCCCCCCOC(=O)C(C)OC(=O)c1ccc(Cl)c(NC(=O)C(C(=O)Nc2cc(C(=O)OC(C)C(=O)OC)ccc2Cl)n2nc3c(Cl)c(Cl)c(Cl)c(Cl)c3n2)c1. The van der Waals surface area contributed by atoms with Gasteiger partial charge in [-0.2, -0.15) is 15.0 Å². The summed E-state index contributed by atoms with van der Waals surface area (Å²) >= 11 is 38.1. The predicted octanol–water partition coefficient (Wildman–Crippen LogP) is 10.9. The molecule has 4 aromatic rings. The predicted molar refractivity (Wildman–Crippen MR) is 241 cm³/mol. The van der Waals surface area contributed by atoms with Gasteiger partial charge in [0.15, 0.2) is 12.2 Å². The highest BCUT2D eigenvalue weighted by Crippen LogP contribution is 2.42. The van der Waals surface area contributed by atoms with Crippen molar-refractivity contribution in [3.63, 3.8) is 0 Å². The van der Waals surface area contributed by atoms with E-state index < -0.39 is 53.9 Å². The summed E-state index contributed by atoms with van der Waals surface area (Å²) in [5.41, 5.74) is -0.827. The van der Waals surface area contributed by atoms with Crippen molar-refractivity contribution >= 4 is 128 Å². The van der Waals surface area contributed by atoms with Gasteiger partial charge in [0.25, 0.3) is 11.8 Å². The minimum absolute atomic E-state index is 0.0679. The maximum absolute atomic E-state index is 14.2. The smallest absolute Gasteiger partial charge is 0.347 e. The molecule has 0 spiro atoms. The Bertz CT molecular complexity index is 2280. The van der Waals surface area contributed by atoms with Gasteiger partial charge in [0.05, 0.1) is 66.4 Å². The van der Waals surface area contributed by atoms with E-state index in [9.17, 15) is 28.8 Å². The Morgan fingerprint density at radius 2 is 1.02 bits per heavy atom. The number of nitrogens with one attached hydrogen (secondary N) is 2. The molecule has 3 atom stereocenters. The molecule has 0 fully saturated rings. The summed E-state index contributed by atoms with van der Waals surface area (Å²) in [5, 5.41) is 12.5. The van der Waals surface area contributed by atoms with E-state index in [2.05, 4.69) is 32.5 Å². The Kier molecular flexibility index (Phi) is 20.0. The number of esters is 4. The average Bonchev–Trinajstić information content (AvgIpc) is 3.70. The molecule has 3 aromatic carbocycles. The molecule has 340 valence electrons. The first-order valence-corrected chi connectivity index (χ1v) is 22.2. The van der Waals surface area contributed by atoms with E-state index >= 15 is 0 Å². The lowest BCUT2D eigenvalue weighted by atomic mass is 10.1. The lowest BCUT2D eigenvalue weighted by Crippen LogP contribution is -2.37. The molecule has 0 bridgehead atoms. The lowest BCUT2D eigenvalue weighted by Gasteiger charge is -2.18. The number of rotatable bonds is 22. The van der Waals surface area contributed by atoms with E-state index in [1.54, 1.807) is 0 Å². The van der Waals surface area contributed by atoms with E-state index in [0.717, 1.165) is 32.4 Å². The number of benzene rings is 3. The normalized spacial score (nSPS) is 12.5. The molecule has 0 aliphatic carbocycles. The van der Waals surface area contributed by atoms with E-state index in [1.165, 1.54) is 82.7 Å². The molecule has 0 aliphatic rings. The summed E-state index contributed by atoms with van der Waals surface area (Å²) in [4.78, 5) is 79.4. The molecule has 2 amide bonds. The first-order valence-electron chi connectivity index (χ1n) is 19.9. The summed E-state index contributed by atoms with van der Waals surface area (Å²) < 4.78 is 20.4. The highest BCUT2D eigenvalue weighted by Gasteiger charge is 2.34. The third-order valence-corrected chi connectivity index (χ3v) is 11.9. The average molecular weight is 993 g/mol.